The second-order valence-electron chi connectivity index (χ2n) is 12.0. The van der Waals surface area contributed by atoms with Gasteiger partial charge in [-0.2, -0.15) is 4.79 Å². The summed E-state index contributed by atoms with van der Waals surface area (Å²) >= 11 is 0. The Morgan fingerprint density at radius 1 is 1.12 bits per heavy atom. The first-order valence-electron chi connectivity index (χ1n) is 14.3. The van der Waals surface area contributed by atoms with E-state index in [4.69, 9.17) is 9.72 Å². The van der Waals surface area contributed by atoms with Gasteiger partial charge in [0.05, 0.1) is 18.2 Å². The van der Waals surface area contributed by atoms with Gasteiger partial charge in [-0.25, -0.2) is 9.97 Å². The summed E-state index contributed by atoms with van der Waals surface area (Å²) in [6.07, 6.45) is 4.00. The Morgan fingerprint density at radius 2 is 1.95 bits per heavy atom. The fourth-order valence-electron chi connectivity index (χ4n) is 5.99. The maximum atomic E-state index is 12.8. The number of pyridine rings is 1. The maximum Gasteiger partial charge on any atom is 0.596 e. The summed E-state index contributed by atoms with van der Waals surface area (Å²) in [6, 6.07) is 20.9. The Morgan fingerprint density at radius 3 is 2.76 bits per heavy atom. The number of amides is 1. The van der Waals surface area contributed by atoms with Gasteiger partial charge in [-0.05, 0) is 56.2 Å². The van der Waals surface area contributed by atoms with Crippen LogP contribution in [-0.2, 0) is 4.74 Å². The molecule has 0 aliphatic carbocycles. The van der Waals surface area contributed by atoms with E-state index in [1.165, 1.54) is 16.3 Å². The van der Waals surface area contributed by atoms with Crippen molar-refractivity contribution in [3.63, 3.8) is 0 Å². The lowest BCUT2D eigenvalue weighted by Crippen LogP contribution is -2.44. The molecule has 10 heteroatoms. The highest BCUT2D eigenvalue weighted by molar-refractivity contribution is 5.93. The van der Waals surface area contributed by atoms with E-state index in [0.29, 0.717) is 18.7 Å². The molecule has 0 saturated carbocycles. The first-order valence-corrected chi connectivity index (χ1v) is 14.3. The van der Waals surface area contributed by atoms with Crippen molar-refractivity contribution in [1.29, 1.82) is 0 Å². The zero-order chi connectivity index (χ0) is 29.0. The van der Waals surface area contributed by atoms with Crippen LogP contribution in [0.25, 0.3) is 27.7 Å². The van der Waals surface area contributed by atoms with Gasteiger partial charge in [0.25, 0.3) is 0 Å². The average molecular weight is 562 g/mol. The number of benzene rings is 2. The van der Waals surface area contributed by atoms with Crippen molar-refractivity contribution in [3.05, 3.63) is 78.8 Å². The number of anilines is 2. The van der Waals surface area contributed by atoms with Crippen LogP contribution >= 0.6 is 0 Å². The van der Waals surface area contributed by atoms with Crippen LogP contribution in [0, 0.1) is 0 Å². The minimum Gasteiger partial charge on any atom is -0.406 e. The lowest BCUT2D eigenvalue weighted by Gasteiger charge is -2.25. The number of hydrogen-bond acceptors (Lipinski definition) is 8. The fraction of sp³-hybridized carbons (Fsp3) is 0.312. The highest BCUT2D eigenvalue weighted by Gasteiger charge is 2.48. The van der Waals surface area contributed by atoms with Gasteiger partial charge in [0.1, 0.15) is 30.3 Å². The van der Waals surface area contributed by atoms with Crippen LogP contribution in [0.5, 0.6) is 0 Å². The van der Waals surface area contributed by atoms with E-state index in [2.05, 4.69) is 74.8 Å². The zero-order valence-electron chi connectivity index (χ0n) is 24.2. The molecule has 1 saturated heterocycles. The van der Waals surface area contributed by atoms with Crippen LogP contribution in [-0.4, -0.2) is 65.7 Å². The molecule has 2 aliphatic heterocycles. The van der Waals surface area contributed by atoms with Crippen LogP contribution < -0.4 is 10.2 Å². The van der Waals surface area contributed by atoms with E-state index in [0.717, 1.165) is 35.2 Å². The fourth-order valence-corrected chi connectivity index (χ4v) is 5.99. The molecule has 1 fully saturated rings. The van der Waals surface area contributed by atoms with E-state index in [9.17, 15) is 4.79 Å². The second kappa shape index (κ2) is 9.90. The molecule has 2 atom stereocenters. The summed E-state index contributed by atoms with van der Waals surface area (Å²) in [5.41, 5.74) is 4.15. The van der Waals surface area contributed by atoms with Gasteiger partial charge in [0.2, 0.25) is 5.95 Å². The number of nitrogens with one attached hydrogen (secondary N) is 1. The van der Waals surface area contributed by atoms with E-state index in [-0.39, 0.29) is 18.2 Å². The molecular formula is C32H33N8O2+. The Labute approximate surface area is 243 Å². The quantitative estimate of drug-likeness (QED) is 0.281. The Hall–Kier alpha value is -4.86. The van der Waals surface area contributed by atoms with E-state index < -0.39 is 5.60 Å². The van der Waals surface area contributed by atoms with Gasteiger partial charge in [-0.3, -0.25) is 4.40 Å². The normalized spacial score (nSPS) is 17.3. The summed E-state index contributed by atoms with van der Waals surface area (Å²) in [7, 11) is 0. The molecule has 2 bridgehead atoms. The first kappa shape index (κ1) is 26.1. The Bertz CT molecular complexity index is 1870. The van der Waals surface area contributed by atoms with Crippen LogP contribution in [0.1, 0.15) is 45.7 Å². The molecule has 0 spiro atoms. The highest BCUT2D eigenvalue weighted by Crippen LogP contribution is 2.32. The number of nitrogens with zero attached hydrogens (tertiary/aromatic N) is 7. The molecule has 10 nitrogen and oxygen atoms in total. The smallest absolute Gasteiger partial charge is 0.406 e. The molecule has 2 aromatic carbocycles. The third-order valence-corrected chi connectivity index (χ3v) is 7.90. The number of ether oxygens (including phenoxy) is 1. The van der Waals surface area contributed by atoms with Gasteiger partial charge >= 0.3 is 6.09 Å². The number of aromatic nitrogens is 5. The lowest BCUT2D eigenvalue weighted by atomic mass is 9.99. The summed E-state index contributed by atoms with van der Waals surface area (Å²) in [5.74, 6) is 1.52. The molecule has 2 aliphatic rings. The maximum absolute atomic E-state index is 12.8. The zero-order valence-corrected chi connectivity index (χ0v) is 24.2. The molecule has 7 rings (SSSR count). The van der Waals surface area contributed by atoms with Crippen molar-refractivity contribution < 1.29 is 14.1 Å². The molecule has 0 radical (unpaired) electrons. The van der Waals surface area contributed by atoms with E-state index in [1.54, 1.807) is 17.1 Å². The lowest BCUT2D eigenvalue weighted by molar-refractivity contribution is -0.447. The molecule has 1 amide bonds. The topological polar surface area (TPSA) is 101 Å². The monoisotopic (exact) mass is 561 g/mol. The second-order valence-corrected chi connectivity index (χ2v) is 12.0. The van der Waals surface area contributed by atoms with Crippen molar-refractivity contribution in [3.8, 4) is 11.3 Å². The van der Waals surface area contributed by atoms with Crippen LogP contribution in [0.3, 0.4) is 0 Å². The standard InChI is InChI=1S/C32H33N8O2/c1-20(25-11-7-9-21-8-5-6-10-26(21)25)35-28-14-22(12-13-33-28)27-16-29-37-34-19-40(29)30(36-27)38-17-24-15-23(38)18-39(24)31(41)42-32(2,3)4/h5-14,16,19-20,23H,15,17-18H2,1-4H3,(H,33,35)/q+1. The Balaban J connectivity index is 1.18. The van der Waals surface area contributed by atoms with E-state index in [1.807, 2.05) is 43.4 Å². The molecule has 5 aromatic rings. The van der Waals surface area contributed by atoms with Crippen LogP contribution in [0.4, 0.5) is 16.6 Å². The van der Waals surface area contributed by atoms with Gasteiger partial charge in [-0.1, -0.05) is 42.5 Å². The summed E-state index contributed by atoms with van der Waals surface area (Å²) in [5, 5.41) is 14.5. The summed E-state index contributed by atoms with van der Waals surface area (Å²) in [4.78, 5) is 24.7. The molecule has 212 valence electrons. The van der Waals surface area contributed by atoms with Crippen molar-refractivity contribution in [2.75, 3.05) is 23.3 Å². The largest absolute Gasteiger partial charge is 0.596 e. The number of fused-ring (bicyclic) bond motifs is 4. The predicted octanol–water partition coefficient (Wildman–Crippen LogP) is 5.49. The molecular weight excluding hydrogens is 528 g/mol. The number of hydrogen-bond donors (Lipinski definition) is 1. The molecule has 3 aromatic heterocycles. The van der Waals surface area contributed by atoms with Gasteiger partial charge in [-0.15, -0.1) is 14.8 Å². The van der Waals surface area contributed by atoms with Crippen LogP contribution in [0.15, 0.2) is 73.2 Å². The highest BCUT2D eigenvalue weighted by atomic mass is 16.6. The summed E-state index contributed by atoms with van der Waals surface area (Å²) in [6.45, 7) is 8.97. The minimum absolute atomic E-state index is 0.0476. The molecule has 5 heterocycles. The van der Waals surface area contributed by atoms with Crippen molar-refractivity contribution in [1.82, 2.24) is 24.6 Å². The number of rotatable bonds is 5. The van der Waals surface area contributed by atoms with Crippen LogP contribution in [0.2, 0.25) is 0 Å². The first-order chi connectivity index (χ1) is 20.2. The molecule has 2 unspecified atom stereocenters. The predicted molar refractivity (Wildman–Crippen MR) is 162 cm³/mol. The SMILES string of the molecule is CC(Nc1cc(-c2cc3nncn3c(N3CC4=[N+](C(=O)OC(C)(C)C)CC3C4)n2)ccn1)c1cccc2ccccc12. The van der Waals surface area contributed by atoms with Gasteiger partial charge < -0.3 is 15.0 Å². The molecule has 42 heavy (non-hydrogen) atoms. The van der Waals surface area contributed by atoms with Gasteiger partial charge in [0, 0.05) is 17.8 Å². The summed E-state index contributed by atoms with van der Waals surface area (Å²) < 4.78 is 9.32. The average Bonchev–Trinajstić information content (AvgIpc) is 3.72. The number of carbonyl (C=O) groups excluding carboxylic acids is 1. The van der Waals surface area contributed by atoms with Crippen molar-refractivity contribution in [2.24, 2.45) is 0 Å². The third-order valence-electron chi connectivity index (χ3n) is 7.90. The van der Waals surface area contributed by atoms with Gasteiger partial charge in [0.15, 0.2) is 17.9 Å². The Kier molecular flexibility index (Phi) is 6.14. The van der Waals surface area contributed by atoms with Crippen molar-refractivity contribution >= 4 is 40.0 Å². The van der Waals surface area contributed by atoms with E-state index >= 15 is 0 Å². The molecule has 1 N–H and O–H groups in total. The van der Waals surface area contributed by atoms with Crippen molar-refractivity contribution in [2.45, 2.75) is 51.8 Å². The number of carbonyl (C=O) groups is 1. The third kappa shape index (κ3) is 4.72. The minimum atomic E-state index is -0.533.